The van der Waals surface area contributed by atoms with Crippen LogP contribution in [-0.4, -0.2) is 15.9 Å². The summed E-state index contributed by atoms with van der Waals surface area (Å²) in [6.07, 6.45) is 6.51. The summed E-state index contributed by atoms with van der Waals surface area (Å²) in [6, 6.07) is 10.0. The Bertz CT molecular complexity index is 550. The van der Waals surface area contributed by atoms with E-state index in [-0.39, 0.29) is 11.4 Å². The van der Waals surface area contributed by atoms with Crippen molar-refractivity contribution in [2.75, 3.05) is 0 Å². The second-order valence-electron chi connectivity index (χ2n) is 4.49. The van der Waals surface area contributed by atoms with Crippen LogP contribution in [0.3, 0.4) is 0 Å². The van der Waals surface area contributed by atoms with Crippen molar-refractivity contribution in [3.63, 3.8) is 0 Å². The highest BCUT2D eigenvalue weighted by Crippen LogP contribution is 2.45. The highest BCUT2D eigenvalue weighted by Gasteiger charge is 2.45. The molecule has 90 valence electrons. The summed E-state index contributed by atoms with van der Waals surface area (Å²) in [4.78, 5) is 20.0. The molecule has 1 fully saturated rings. The second kappa shape index (κ2) is 4.22. The van der Waals surface area contributed by atoms with Gasteiger partial charge in [-0.25, -0.2) is 4.98 Å². The topological polar surface area (TPSA) is 54.9 Å². The van der Waals surface area contributed by atoms with Gasteiger partial charge in [0.25, 0.3) is 5.91 Å². The number of nitrogens with zero attached hydrogens (tertiary/aromatic N) is 2. The molecule has 1 N–H and O–H groups in total. The molecule has 1 aliphatic carbocycles. The molecule has 0 spiro atoms. The summed E-state index contributed by atoms with van der Waals surface area (Å²) in [5.74, 6) is -0.163. The Labute approximate surface area is 105 Å². The van der Waals surface area contributed by atoms with E-state index < -0.39 is 0 Å². The molecule has 0 radical (unpaired) electrons. The molecular weight excluding hydrogens is 226 g/mol. The van der Waals surface area contributed by atoms with Gasteiger partial charge in [-0.2, -0.15) is 0 Å². The molecule has 0 aliphatic heterocycles. The molecule has 3 rings (SSSR count). The monoisotopic (exact) mass is 239 g/mol. The molecular formula is C14H13N3O. The van der Waals surface area contributed by atoms with E-state index in [2.05, 4.69) is 15.3 Å². The minimum absolute atomic E-state index is 0.163. The van der Waals surface area contributed by atoms with Crippen LogP contribution in [0.4, 0.5) is 0 Å². The Morgan fingerprint density at radius 3 is 2.56 bits per heavy atom. The average Bonchev–Trinajstić information content (AvgIpc) is 3.22. The maximum atomic E-state index is 12.1. The zero-order chi connectivity index (χ0) is 12.4. The average molecular weight is 239 g/mol. The summed E-state index contributed by atoms with van der Waals surface area (Å²) in [5.41, 5.74) is 1.32. The van der Waals surface area contributed by atoms with Crippen LogP contribution in [0.15, 0.2) is 48.9 Å². The van der Waals surface area contributed by atoms with Gasteiger partial charge in [0.1, 0.15) is 5.69 Å². The molecule has 2 aromatic rings. The molecule has 1 aliphatic rings. The van der Waals surface area contributed by atoms with Crippen LogP contribution in [-0.2, 0) is 5.54 Å². The third-order valence-electron chi connectivity index (χ3n) is 3.22. The summed E-state index contributed by atoms with van der Waals surface area (Å²) < 4.78 is 0. The van der Waals surface area contributed by atoms with E-state index >= 15 is 0 Å². The van der Waals surface area contributed by atoms with Crippen molar-refractivity contribution in [1.29, 1.82) is 0 Å². The third kappa shape index (κ3) is 1.97. The Morgan fingerprint density at radius 2 is 1.94 bits per heavy atom. The molecule has 4 nitrogen and oxygen atoms in total. The molecule has 18 heavy (non-hydrogen) atoms. The van der Waals surface area contributed by atoms with Gasteiger partial charge in [0, 0.05) is 12.4 Å². The van der Waals surface area contributed by atoms with E-state index in [0.29, 0.717) is 5.69 Å². The Hall–Kier alpha value is -2.23. The standard InChI is InChI=1S/C14H13N3O/c18-13(12-10-15-8-9-16-12)17-14(6-7-14)11-4-2-1-3-5-11/h1-5,8-10H,6-7H2,(H,17,18). The summed E-state index contributed by atoms with van der Waals surface area (Å²) >= 11 is 0. The molecule has 1 amide bonds. The minimum Gasteiger partial charge on any atom is -0.341 e. The molecule has 1 heterocycles. The van der Waals surface area contributed by atoms with Gasteiger partial charge in [-0.1, -0.05) is 30.3 Å². The Balaban J connectivity index is 1.80. The number of carbonyl (C=O) groups excluding carboxylic acids is 1. The largest absolute Gasteiger partial charge is 0.341 e. The van der Waals surface area contributed by atoms with Gasteiger partial charge >= 0.3 is 0 Å². The van der Waals surface area contributed by atoms with E-state index in [1.807, 2.05) is 30.3 Å². The SMILES string of the molecule is O=C(NC1(c2ccccc2)CC1)c1cnccn1. The lowest BCUT2D eigenvalue weighted by atomic mass is 10.1. The minimum atomic E-state index is -0.199. The zero-order valence-corrected chi connectivity index (χ0v) is 9.84. The lowest BCUT2D eigenvalue weighted by Crippen LogP contribution is -2.35. The lowest BCUT2D eigenvalue weighted by molar-refractivity contribution is 0.0925. The van der Waals surface area contributed by atoms with Crippen molar-refractivity contribution in [3.8, 4) is 0 Å². The number of hydrogen-bond donors (Lipinski definition) is 1. The van der Waals surface area contributed by atoms with Crippen LogP contribution in [0.5, 0.6) is 0 Å². The molecule has 1 aromatic carbocycles. The first-order chi connectivity index (χ1) is 8.80. The van der Waals surface area contributed by atoms with Crippen molar-refractivity contribution < 1.29 is 4.79 Å². The second-order valence-corrected chi connectivity index (χ2v) is 4.49. The molecule has 0 unspecified atom stereocenters. The van der Waals surface area contributed by atoms with Crippen molar-refractivity contribution in [2.24, 2.45) is 0 Å². The predicted molar refractivity (Wildman–Crippen MR) is 66.9 cm³/mol. The third-order valence-corrected chi connectivity index (χ3v) is 3.22. The van der Waals surface area contributed by atoms with Crippen LogP contribution in [0.1, 0.15) is 28.9 Å². The van der Waals surface area contributed by atoms with Crippen LogP contribution in [0, 0.1) is 0 Å². The number of hydrogen-bond acceptors (Lipinski definition) is 3. The van der Waals surface area contributed by atoms with Crippen LogP contribution >= 0.6 is 0 Å². The first-order valence-electron chi connectivity index (χ1n) is 5.94. The fourth-order valence-corrected chi connectivity index (χ4v) is 2.07. The predicted octanol–water partition coefficient (Wildman–Crippen LogP) is 1.90. The molecule has 1 saturated carbocycles. The van der Waals surface area contributed by atoms with Crippen molar-refractivity contribution in [2.45, 2.75) is 18.4 Å². The van der Waals surface area contributed by atoms with Gasteiger partial charge in [-0.15, -0.1) is 0 Å². The number of carbonyl (C=O) groups is 1. The summed E-state index contributed by atoms with van der Waals surface area (Å²) in [5, 5.41) is 3.06. The van der Waals surface area contributed by atoms with Crippen LogP contribution < -0.4 is 5.32 Å². The maximum absolute atomic E-state index is 12.1. The van der Waals surface area contributed by atoms with E-state index in [4.69, 9.17) is 0 Å². The maximum Gasteiger partial charge on any atom is 0.272 e. The van der Waals surface area contributed by atoms with Crippen LogP contribution in [0.25, 0.3) is 0 Å². The van der Waals surface area contributed by atoms with Gasteiger partial charge in [0.2, 0.25) is 0 Å². The number of nitrogens with one attached hydrogen (secondary N) is 1. The van der Waals surface area contributed by atoms with E-state index in [0.717, 1.165) is 18.4 Å². The Morgan fingerprint density at radius 1 is 1.17 bits per heavy atom. The Kier molecular flexibility index (Phi) is 2.55. The quantitative estimate of drug-likeness (QED) is 0.890. The number of amides is 1. The first kappa shape index (κ1) is 10.9. The lowest BCUT2D eigenvalue weighted by Gasteiger charge is -2.17. The normalized spacial score (nSPS) is 16.0. The van der Waals surface area contributed by atoms with Gasteiger partial charge in [-0.05, 0) is 18.4 Å². The van der Waals surface area contributed by atoms with Crippen LogP contribution in [0.2, 0.25) is 0 Å². The van der Waals surface area contributed by atoms with Gasteiger partial charge in [0.15, 0.2) is 0 Å². The van der Waals surface area contributed by atoms with Gasteiger partial charge in [0.05, 0.1) is 11.7 Å². The summed E-state index contributed by atoms with van der Waals surface area (Å²) in [7, 11) is 0. The fourth-order valence-electron chi connectivity index (χ4n) is 2.07. The number of rotatable bonds is 3. The van der Waals surface area contributed by atoms with E-state index in [1.165, 1.54) is 12.4 Å². The molecule has 0 atom stereocenters. The molecule has 4 heteroatoms. The molecule has 0 bridgehead atoms. The highest BCUT2D eigenvalue weighted by molar-refractivity contribution is 5.92. The first-order valence-corrected chi connectivity index (χ1v) is 5.94. The van der Waals surface area contributed by atoms with E-state index in [1.54, 1.807) is 6.20 Å². The number of benzene rings is 1. The van der Waals surface area contributed by atoms with Crippen molar-refractivity contribution in [3.05, 3.63) is 60.2 Å². The van der Waals surface area contributed by atoms with Crippen molar-refractivity contribution >= 4 is 5.91 Å². The smallest absolute Gasteiger partial charge is 0.272 e. The fraction of sp³-hybridized carbons (Fsp3) is 0.214. The molecule has 0 saturated heterocycles. The van der Waals surface area contributed by atoms with E-state index in [9.17, 15) is 4.79 Å². The van der Waals surface area contributed by atoms with Gasteiger partial charge < -0.3 is 5.32 Å². The summed E-state index contributed by atoms with van der Waals surface area (Å²) in [6.45, 7) is 0. The number of aromatic nitrogens is 2. The highest BCUT2D eigenvalue weighted by atomic mass is 16.2. The zero-order valence-electron chi connectivity index (χ0n) is 9.84. The molecule has 1 aromatic heterocycles. The van der Waals surface area contributed by atoms with Gasteiger partial charge in [-0.3, -0.25) is 9.78 Å². The van der Waals surface area contributed by atoms with Crippen molar-refractivity contribution in [1.82, 2.24) is 15.3 Å².